The van der Waals surface area contributed by atoms with Gasteiger partial charge in [-0.05, 0) is 49.5 Å². The van der Waals surface area contributed by atoms with Crippen molar-refractivity contribution in [2.24, 2.45) is 0 Å². The lowest BCUT2D eigenvalue weighted by Crippen LogP contribution is -2.39. The number of ether oxygens (including phenoxy) is 1. The molecule has 1 aromatic carbocycles. The van der Waals surface area contributed by atoms with Crippen molar-refractivity contribution in [1.29, 1.82) is 0 Å². The van der Waals surface area contributed by atoms with E-state index in [1.165, 1.54) is 7.11 Å². The van der Waals surface area contributed by atoms with Crippen molar-refractivity contribution in [3.8, 4) is 5.75 Å². The molecule has 0 amide bonds. The molecule has 1 fully saturated rings. The van der Waals surface area contributed by atoms with Crippen LogP contribution in [-0.4, -0.2) is 52.6 Å². The van der Waals surface area contributed by atoms with E-state index in [0.29, 0.717) is 18.8 Å². The summed E-state index contributed by atoms with van der Waals surface area (Å²) in [7, 11) is 1.49. The van der Waals surface area contributed by atoms with Gasteiger partial charge in [0.1, 0.15) is 0 Å². The first-order valence-electron chi connectivity index (χ1n) is 8.37. The zero-order chi connectivity index (χ0) is 16.9. The minimum Gasteiger partial charge on any atom is -0.494 e. The Bertz CT molecular complexity index is 640. The van der Waals surface area contributed by atoms with Crippen molar-refractivity contribution in [2.45, 2.75) is 31.4 Å². The molecule has 1 saturated heterocycles. The first kappa shape index (κ1) is 16.9. The van der Waals surface area contributed by atoms with Crippen LogP contribution in [0.15, 0.2) is 36.7 Å². The summed E-state index contributed by atoms with van der Waals surface area (Å²) >= 11 is 0. The lowest BCUT2D eigenvalue weighted by molar-refractivity contribution is 0.0820. The van der Waals surface area contributed by atoms with Gasteiger partial charge in [-0.3, -0.25) is 4.68 Å². The molecule has 0 aliphatic carbocycles. The normalized spacial score (nSPS) is 17.8. The van der Waals surface area contributed by atoms with E-state index in [0.717, 1.165) is 31.5 Å². The van der Waals surface area contributed by atoms with E-state index in [1.54, 1.807) is 16.9 Å². The monoisotopic (exact) mass is 333 g/mol. The molecular formula is C18H24FN3O2. The summed E-state index contributed by atoms with van der Waals surface area (Å²) in [5.74, 6) is 0.279. The molecule has 1 atom stereocenters. The molecule has 0 spiro atoms. The molecule has 6 heteroatoms. The van der Waals surface area contributed by atoms with Gasteiger partial charge in [-0.25, -0.2) is 4.39 Å². The van der Waals surface area contributed by atoms with E-state index in [-0.39, 0.29) is 11.7 Å². The third-order valence-corrected chi connectivity index (χ3v) is 4.67. The molecule has 130 valence electrons. The SMILES string of the molecule is COc1cccc(C2CCN(CC(O)Cn3cccn3)CC2)c1F. The maximum atomic E-state index is 14.4. The van der Waals surface area contributed by atoms with Crippen molar-refractivity contribution < 1.29 is 14.2 Å². The Balaban J connectivity index is 1.52. The summed E-state index contributed by atoms with van der Waals surface area (Å²) in [5, 5.41) is 14.3. The van der Waals surface area contributed by atoms with E-state index in [9.17, 15) is 9.50 Å². The van der Waals surface area contributed by atoms with Gasteiger partial charge in [-0.1, -0.05) is 12.1 Å². The number of aliphatic hydroxyl groups is 1. The van der Waals surface area contributed by atoms with Crippen molar-refractivity contribution in [1.82, 2.24) is 14.7 Å². The van der Waals surface area contributed by atoms with Crippen molar-refractivity contribution in [3.05, 3.63) is 48.0 Å². The van der Waals surface area contributed by atoms with Crippen molar-refractivity contribution in [3.63, 3.8) is 0 Å². The summed E-state index contributed by atoms with van der Waals surface area (Å²) in [6.07, 6.45) is 4.88. The quantitative estimate of drug-likeness (QED) is 0.881. The van der Waals surface area contributed by atoms with Gasteiger partial charge in [-0.15, -0.1) is 0 Å². The topological polar surface area (TPSA) is 50.5 Å². The van der Waals surface area contributed by atoms with Crippen LogP contribution in [0.25, 0.3) is 0 Å². The first-order valence-corrected chi connectivity index (χ1v) is 8.37. The average molecular weight is 333 g/mol. The predicted octanol–water partition coefficient (Wildman–Crippen LogP) is 2.27. The van der Waals surface area contributed by atoms with Crippen LogP contribution in [0, 0.1) is 5.82 Å². The number of aromatic nitrogens is 2. The van der Waals surface area contributed by atoms with Crippen LogP contribution in [0.1, 0.15) is 24.3 Å². The minimum absolute atomic E-state index is 0.208. The number of likely N-dealkylation sites (tertiary alicyclic amines) is 1. The molecule has 0 bridgehead atoms. The Morgan fingerprint density at radius 2 is 2.08 bits per heavy atom. The van der Waals surface area contributed by atoms with Gasteiger partial charge in [0.25, 0.3) is 0 Å². The first-order chi connectivity index (χ1) is 11.7. The van der Waals surface area contributed by atoms with E-state index in [4.69, 9.17) is 4.74 Å². The molecule has 1 aliphatic rings. The Hall–Kier alpha value is -1.92. The molecule has 3 rings (SSSR count). The van der Waals surface area contributed by atoms with Crippen LogP contribution >= 0.6 is 0 Å². The zero-order valence-electron chi connectivity index (χ0n) is 13.9. The third-order valence-electron chi connectivity index (χ3n) is 4.67. The lowest BCUT2D eigenvalue weighted by atomic mass is 9.89. The standard InChI is InChI=1S/C18H24FN3O2/c1-24-17-5-2-4-16(18(17)19)14-6-10-21(11-7-14)12-15(23)13-22-9-3-8-20-22/h2-5,8-9,14-15,23H,6-7,10-13H2,1H3. The number of hydrogen-bond donors (Lipinski definition) is 1. The fourth-order valence-corrected chi connectivity index (χ4v) is 3.41. The van der Waals surface area contributed by atoms with E-state index in [2.05, 4.69) is 10.00 Å². The highest BCUT2D eigenvalue weighted by atomic mass is 19.1. The summed E-state index contributed by atoms with van der Waals surface area (Å²) < 4.78 is 21.2. The highest BCUT2D eigenvalue weighted by molar-refractivity contribution is 5.33. The highest BCUT2D eigenvalue weighted by Gasteiger charge is 2.25. The molecule has 0 saturated carbocycles. The number of benzene rings is 1. The average Bonchev–Trinajstić information content (AvgIpc) is 3.09. The second-order valence-corrected chi connectivity index (χ2v) is 6.32. The molecule has 2 heterocycles. The fourth-order valence-electron chi connectivity index (χ4n) is 3.41. The van der Waals surface area contributed by atoms with Gasteiger partial charge in [0.2, 0.25) is 0 Å². The predicted molar refractivity (Wildman–Crippen MR) is 89.6 cm³/mol. The number of aliphatic hydroxyl groups excluding tert-OH is 1. The second kappa shape index (κ2) is 7.77. The number of hydrogen-bond acceptors (Lipinski definition) is 4. The van der Waals surface area contributed by atoms with Gasteiger partial charge in [0.05, 0.1) is 19.8 Å². The molecular weight excluding hydrogens is 309 g/mol. The summed E-state index contributed by atoms with van der Waals surface area (Å²) in [6, 6.07) is 7.20. The summed E-state index contributed by atoms with van der Waals surface area (Å²) in [6.45, 7) is 2.83. The van der Waals surface area contributed by atoms with Crippen LogP contribution in [0.4, 0.5) is 4.39 Å². The van der Waals surface area contributed by atoms with E-state index in [1.807, 2.05) is 24.4 Å². The molecule has 1 aromatic heterocycles. The molecule has 24 heavy (non-hydrogen) atoms. The Morgan fingerprint density at radius 3 is 2.75 bits per heavy atom. The molecule has 1 unspecified atom stereocenters. The Labute approximate surface area is 141 Å². The van der Waals surface area contributed by atoms with Crippen LogP contribution in [0.3, 0.4) is 0 Å². The van der Waals surface area contributed by atoms with Crippen molar-refractivity contribution >= 4 is 0 Å². The molecule has 5 nitrogen and oxygen atoms in total. The summed E-state index contributed by atoms with van der Waals surface area (Å²) in [5.41, 5.74) is 0.742. The second-order valence-electron chi connectivity index (χ2n) is 6.32. The third kappa shape index (κ3) is 3.94. The highest BCUT2D eigenvalue weighted by Crippen LogP contribution is 2.33. The van der Waals surface area contributed by atoms with Crippen molar-refractivity contribution in [2.75, 3.05) is 26.7 Å². The largest absolute Gasteiger partial charge is 0.494 e. The van der Waals surface area contributed by atoms with Gasteiger partial charge >= 0.3 is 0 Å². The Morgan fingerprint density at radius 1 is 1.29 bits per heavy atom. The number of nitrogens with zero attached hydrogens (tertiary/aromatic N) is 3. The fraction of sp³-hybridized carbons (Fsp3) is 0.500. The number of piperidine rings is 1. The lowest BCUT2D eigenvalue weighted by Gasteiger charge is -2.33. The van der Waals surface area contributed by atoms with Crippen LogP contribution in [0.2, 0.25) is 0 Å². The zero-order valence-corrected chi connectivity index (χ0v) is 13.9. The summed E-state index contributed by atoms with van der Waals surface area (Å²) in [4.78, 5) is 2.24. The van der Waals surface area contributed by atoms with Crippen LogP contribution in [0.5, 0.6) is 5.75 Å². The van der Waals surface area contributed by atoms with Gasteiger partial charge in [-0.2, -0.15) is 5.10 Å². The Kier molecular flexibility index (Phi) is 5.48. The number of methoxy groups -OCH3 is 1. The van der Waals surface area contributed by atoms with Gasteiger partial charge in [0, 0.05) is 18.9 Å². The van der Waals surface area contributed by atoms with Gasteiger partial charge < -0.3 is 14.7 Å². The number of β-amino-alcohol motifs (C(OH)–C–C–N with tert-alkyl or cyclic N) is 1. The van der Waals surface area contributed by atoms with Gasteiger partial charge in [0.15, 0.2) is 11.6 Å². The number of halogens is 1. The van der Waals surface area contributed by atoms with E-state index < -0.39 is 6.10 Å². The maximum Gasteiger partial charge on any atom is 0.168 e. The molecule has 1 N–H and O–H groups in total. The molecule has 1 aliphatic heterocycles. The van der Waals surface area contributed by atoms with Crippen LogP contribution in [-0.2, 0) is 6.54 Å². The molecule has 0 radical (unpaired) electrons. The van der Waals surface area contributed by atoms with E-state index >= 15 is 0 Å². The molecule has 2 aromatic rings. The minimum atomic E-state index is -0.449. The number of rotatable bonds is 6. The maximum absolute atomic E-state index is 14.4. The smallest absolute Gasteiger partial charge is 0.168 e. The van der Waals surface area contributed by atoms with Crippen LogP contribution < -0.4 is 4.74 Å².